The molecule has 0 aliphatic rings. The molecule has 12 aromatic carbocycles. The fourth-order valence-corrected chi connectivity index (χ4v) is 9.64. The fourth-order valence-electron chi connectivity index (χ4n) is 9.64. The largest absolute Gasteiger partial charge is 0.310 e. The van der Waals surface area contributed by atoms with Crippen LogP contribution in [0.15, 0.2) is 249 Å². The highest BCUT2D eigenvalue weighted by Gasteiger charge is 2.20. The molecule has 0 amide bonds. The van der Waals surface area contributed by atoms with E-state index in [2.05, 4.69) is 146 Å². The van der Waals surface area contributed by atoms with Gasteiger partial charge in [0, 0.05) is 17.1 Å². The van der Waals surface area contributed by atoms with Crippen molar-refractivity contribution in [2.75, 3.05) is 4.90 Å². The van der Waals surface area contributed by atoms with Gasteiger partial charge in [0.05, 0.1) is 5.48 Å². The second-order valence-corrected chi connectivity index (χ2v) is 16.1. The topological polar surface area (TPSA) is 3.24 Å². The van der Waals surface area contributed by atoms with E-state index in [4.69, 9.17) is 0 Å². The SMILES string of the molecule is [2H]c1c([2H])c(N(c2ccccc2)c2cccc(-c3c(-c4cccc(-c5ccccc5)c4)c4ccccc4c4ccccc34)c2)c([2H])c([2H])c1-c1ccc2c3ccccc3c3ccccc3c2c1. The lowest BCUT2D eigenvalue weighted by atomic mass is 9.84. The number of para-hydroxylation sites is 1. The van der Waals surface area contributed by atoms with E-state index >= 15 is 0 Å². The molecule has 1 heteroatoms. The van der Waals surface area contributed by atoms with Crippen LogP contribution in [0.5, 0.6) is 0 Å². The molecule has 0 N–H and O–H groups in total. The van der Waals surface area contributed by atoms with E-state index in [0.29, 0.717) is 11.3 Å². The number of hydrogen-bond donors (Lipinski definition) is 0. The van der Waals surface area contributed by atoms with Crippen LogP contribution in [0.2, 0.25) is 0 Å². The number of nitrogens with zero attached hydrogens (tertiary/aromatic N) is 1. The zero-order chi connectivity index (χ0) is 45.2. The smallest absolute Gasteiger partial charge is 0.0645 e. The molecule has 0 saturated carbocycles. The van der Waals surface area contributed by atoms with Gasteiger partial charge in [-0.3, -0.25) is 0 Å². The molecule has 0 bridgehead atoms. The maximum Gasteiger partial charge on any atom is 0.0645 e. The van der Waals surface area contributed by atoms with E-state index in [1.165, 1.54) is 10.8 Å². The summed E-state index contributed by atoms with van der Waals surface area (Å²) >= 11 is 0. The zero-order valence-corrected chi connectivity index (χ0v) is 34.3. The highest BCUT2D eigenvalue weighted by molar-refractivity contribution is 6.26. The normalized spacial score (nSPS) is 12.4. The molecule has 0 heterocycles. The average molecular weight is 804 g/mol. The molecule has 0 fully saturated rings. The molecule has 1 nitrogen and oxygen atoms in total. The summed E-state index contributed by atoms with van der Waals surface area (Å²) in [5.74, 6) is 0. The molecule has 0 aliphatic heterocycles. The van der Waals surface area contributed by atoms with Crippen LogP contribution in [0, 0.1) is 0 Å². The van der Waals surface area contributed by atoms with Gasteiger partial charge in [0.15, 0.2) is 0 Å². The van der Waals surface area contributed by atoms with Crippen LogP contribution in [-0.2, 0) is 0 Å². The van der Waals surface area contributed by atoms with Crippen molar-refractivity contribution in [2.45, 2.75) is 0 Å². The van der Waals surface area contributed by atoms with Crippen molar-refractivity contribution in [3.8, 4) is 44.5 Å². The van der Waals surface area contributed by atoms with Crippen molar-refractivity contribution in [1.82, 2.24) is 0 Å². The molecule has 0 aliphatic carbocycles. The van der Waals surface area contributed by atoms with E-state index in [9.17, 15) is 5.48 Å². The lowest BCUT2D eigenvalue weighted by Gasteiger charge is -2.27. The number of fused-ring (bicyclic) bond motifs is 9. The Morgan fingerprint density at radius 3 is 1.21 bits per heavy atom. The van der Waals surface area contributed by atoms with Crippen LogP contribution in [0.4, 0.5) is 17.1 Å². The molecule has 0 unspecified atom stereocenters. The Labute approximate surface area is 373 Å². The molecule has 12 aromatic rings. The van der Waals surface area contributed by atoms with Crippen molar-refractivity contribution < 1.29 is 5.48 Å². The summed E-state index contributed by atoms with van der Waals surface area (Å²) in [7, 11) is 0. The molecule has 0 atom stereocenters. The molecule has 12 rings (SSSR count). The summed E-state index contributed by atoms with van der Waals surface area (Å²) < 4.78 is 38.9. The maximum absolute atomic E-state index is 9.77. The molecule has 0 radical (unpaired) electrons. The first kappa shape index (κ1) is 32.5. The third-order valence-corrected chi connectivity index (χ3v) is 12.5. The van der Waals surface area contributed by atoms with Crippen molar-refractivity contribution in [2.24, 2.45) is 0 Å². The molecule has 0 spiro atoms. The Hall–Kier alpha value is -8.26. The van der Waals surface area contributed by atoms with Crippen LogP contribution in [0.3, 0.4) is 0 Å². The summed E-state index contributed by atoms with van der Waals surface area (Å²) in [5.41, 5.74) is 9.02. The number of benzene rings is 12. The third kappa shape index (κ3) is 6.33. The second-order valence-electron chi connectivity index (χ2n) is 16.1. The summed E-state index contributed by atoms with van der Waals surface area (Å²) in [6, 6.07) is 76.8. The van der Waals surface area contributed by atoms with Crippen LogP contribution in [0.1, 0.15) is 5.48 Å². The average Bonchev–Trinajstić information content (AvgIpc) is 3.39. The van der Waals surface area contributed by atoms with Gasteiger partial charge in [-0.1, -0.05) is 200 Å². The highest BCUT2D eigenvalue weighted by atomic mass is 15.1. The number of hydrogen-bond acceptors (Lipinski definition) is 1. The lowest BCUT2D eigenvalue weighted by Crippen LogP contribution is -2.09. The summed E-state index contributed by atoms with van der Waals surface area (Å²) in [6.45, 7) is 0. The van der Waals surface area contributed by atoms with Gasteiger partial charge in [-0.2, -0.15) is 0 Å². The van der Waals surface area contributed by atoms with Gasteiger partial charge in [-0.15, -0.1) is 0 Å². The van der Waals surface area contributed by atoms with Gasteiger partial charge in [0.25, 0.3) is 0 Å². The predicted molar refractivity (Wildman–Crippen MR) is 270 cm³/mol. The van der Waals surface area contributed by atoms with E-state index in [-0.39, 0.29) is 35.4 Å². The number of rotatable bonds is 7. The molecule has 0 aromatic heterocycles. The van der Waals surface area contributed by atoms with E-state index in [1.54, 1.807) is 0 Å². The van der Waals surface area contributed by atoms with Crippen molar-refractivity contribution in [3.05, 3.63) is 249 Å². The highest BCUT2D eigenvalue weighted by Crippen LogP contribution is 2.47. The molecular weight excluding hydrogens is 759 g/mol. The first-order chi connectivity index (χ1) is 32.9. The second kappa shape index (κ2) is 15.3. The Bertz CT molecular complexity index is 3860. The molecule has 294 valence electrons. The number of anilines is 3. The van der Waals surface area contributed by atoms with E-state index in [1.807, 2.05) is 83.8 Å². The molecule has 0 saturated heterocycles. The first-order valence-electron chi connectivity index (χ1n) is 23.4. The van der Waals surface area contributed by atoms with Gasteiger partial charge >= 0.3 is 0 Å². The summed E-state index contributed by atoms with van der Waals surface area (Å²) in [6.07, 6.45) is 0. The maximum atomic E-state index is 9.77. The third-order valence-electron chi connectivity index (χ3n) is 12.5. The summed E-state index contributed by atoms with van der Waals surface area (Å²) in [4.78, 5) is 1.88. The Balaban J connectivity index is 1.07. The zero-order valence-electron chi connectivity index (χ0n) is 38.3. The van der Waals surface area contributed by atoms with Gasteiger partial charge in [0.2, 0.25) is 0 Å². The van der Waals surface area contributed by atoms with Crippen LogP contribution < -0.4 is 4.90 Å². The van der Waals surface area contributed by atoms with Crippen LogP contribution in [-0.4, -0.2) is 0 Å². The van der Waals surface area contributed by atoms with Gasteiger partial charge in [-0.05, 0) is 147 Å². The quantitative estimate of drug-likeness (QED) is 0.145. The van der Waals surface area contributed by atoms with E-state index in [0.717, 1.165) is 82.2 Å². The molecular formula is C62H41N. The van der Waals surface area contributed by atoms with Gasteiger partial charge in [-0.25, -0.2) is 0 Å². The minimum Gasteiger partial charge on any atom is -0.310 e. The van der Waals surface area contributed by atoms with E-state index < -0.39 is 0 Å². The Kier molecular flexibility index (Phi) is 7.91. The minimum absolute atomic E-state index is 0.0985. The first-order valence-corrected chi connectivity index (χ1v) is 21.4. The summed E-state index contributed by atoms with van der Waals surface area (Å²) in [5, 5.41) is 11.1. The Morgan fingerprint density at radius 1 is 0.222 bits per heavy atom. The van der Waals surface area contributed by atoms with Crippen molar-refractivity contribution in [3.63, 3.8) is 0 Å². The standard InChI is InChI=1S/C62H41N/c1-3-17-42(18-4-1)44-19-15-20-46(39-44)61-58-31-13-11-28-54(58)55-29-12-14-32-59(55)62(61)47-21-16-24-50(40-47)63(48-22-5-2-6-23-48)49-36-33-43(34-37-49)45-35-38-57-53-27-8-7-25-51(53)52-26-9-10-30-56(52)60(57)41-45/h1-41H/i33D,34D,36D,37D. The Morgan fingerprint density at radius 2 is 0.619 bits per heavy atom. The van der Waals surface area contributed by atoms with Gasteiger partial charge < -0.3 is 4.90 Å². The van der Waals surface area contributed by atoms with Crippen molar-refractivity contribution >= 4 is 70.9 Å². The fraction of sp³-hybridized carbons (Fsp3) is 0. The predicted octanol–water partition coefficient (Wildman–Crippen LogP) is 17.6. The van der Waals surface area contributed by atoms with Crippen LogP contribution in [0.25, 0.3) is 98.4 Å². The van der Waals surface area contributed by atoms with Crippen molar-refractivity contribution in [1.29, 1.82) is 0 Å². The van der Waals surface area contributed by atoms with Gasteiger partial charge in [0.1, 0.15) is 0 Å². The minimum atomic E-state index is -0.122. The van der Waals surface area contributed by atoms with Crippen LogP contribution >= 0.6 is 0 Å². The molecule has 63 heavy (non-hydrogen) atoms. The lowest BCUT2D eigenvalue weighted by molar-refractivity contribution is 1.28. The monoisotopic (exact) mass is 803 g/mol.